The van der Waals surface area contributed by atoms with Crippen molar-refractivity contribution in [3.63, 3.8) is 0 Å². The third-order valence-corrected chi connectivity index (χ3v) is 4.76. The number of rotatable bonds is 5. The molecule has 0 saturated heterocycles. The fourth-order valence-electron chi connectivity index (χ4n) is 1.76. The van der Waals surface area contributed by atoms with Gasteiger partial charge >= 0.3 is 0 Å². The molecule has 0 radical (unpaired) electrons. The number of nitro groups is 1. The maximum absolute atomic E-state index is 12.5. The van der Waals surface area contributed by atoms with Gasteiger partial charge in [0.15, 0.2) is 0 Å². The van der Waals surface area contributed by atoms with Crippen molar-refractivity contribution >= 4 is 44.6 Å². The minimum atomic E-state index is -4.15. The Morgan fingerprint density at radius 3 is 2.43 bits per heavy atom. The first-order valence-corrected chi connectivity index (χ1v) is 8.29. The molecule has 0 aliphatic carbocycles. The number of ether oxygens (including phenoxy) is 1. The number of hydrogen-bond donors (Lipinski definition) is 1. The van der Waals surface area contributed by atoms with Crippen LogP contribution in [0, 0.1) is 10.1 Å². The molecule has 0 saturated carbocycles. The summed E-state index contributed by atoms with van der Waals surface area (Å²) in [5.41, 5.74) is -0.294. The lowest BCUT2D eigenvalue weighted by Gasteiger charge is -2.12. The van der Waals surface area contributed by atoms with E-state index in [4.69, 9.17) is 27.9 Å². The van der Waals surface area contributed by atoms with Gasteiger partial charge in [0.1, 0.15) is 10.6 Å². The average molecular weight is 377 g/mol. The molecule has 2 aromatic rings. The van der Waals surface area contributed by atoms with Crippen LogP contribution in [0.5, 0.6) is 5.75 Å². The van der Waals surface area contributed by atoms with Gasteiger partial charge in [-0.3, -0.25) is 14.8 Å². The molecule has 122 valence electrons. The predicted molar refractivity (Wildman–Crippen MR) is 86.9 cm³/mol. The second-order valence-corrected chi connectivity index (χ2v) is 6.82. The molecule has 0 fully saturated rings. The van der Waals surface area contributed by atoms with Crippen molar-refractivity contribution in [3.05, 3.63) is 56.6 Å². The minimum absolute atomic E-state index is 0.0341. The van der Waals surface area contributed by atoms with E-state index in [2.05, 4.69) is 4.72 Å². The molecule has 7 nitrogen and oxygen atoms in total. The van der Waals surface area contributed by atoms with Gasteiger partial charge in [0.05, 0.1) is 22.7 Å². The summed E-state index contributed by atoms with van der Waals surface area (Å²) in [5.74, 6) is -0.0341. The number of sulfonamides is 1. The van der Waals surface area contributed by atoms with Crippen LogP contribution in [0.15, 0.2) is 41.3 Å². The molecule has 0 aliphatic rings. The second kappa shape index (κ2) is 6.61. The van der Waals surface area contributed by atoms with Crippen LogP contribution in [-0.2, 0) is 10.0 Å². The highest BCUT2D eigenvalue weighted by Gasteiger charge is 2.24. The van der Waals surface area contributed by atoms with E-state index in [0.717, 1.165) is 12.1 Å². The Hall–Kier alpha value is -2.03. The van der Waals surface area contributed by atoms with E-state index in [-0.39, 0.29) is 27.0 Å². The van der Waals surface area contributed by atoms with Gasteiger partial charge in [-0.1, -0.05) is 23.2 Å². The van der Waals surface area contributed by atoms with Crippen LogP contribution in [0.1, 0.15) is 0 Å². The lowest BCUT2D eigenvalue weighted by atomic mass is 10.3. The van der Waals surface area contributed by atoms with E-state index < -0.39 is 14.9 Å². The topological polar surface area (TPSA) is 98.5 Å². The summed E-state index contributed by atoms with van der Waals surface area (Å²) in [5, 5.41) is 11.3. The van der Waals surface area contributed by atoms with Crippen molar-refractivity contribution in [2.75, 3.05) is 11.8 Å². The summed E-state index contributed by atoms with van der Waals surface area (Å²) >= 11 is 11.7. The maximum atomic E-state index is 12.5. The second-order valence-electron chi connectivity index (χ2n) is 4.32. The number of nitro benzene ring substituents is 1. The Kier molecular flexibility index (Phi) is 4.98. The van der Waals surface area contributed by atoms with Gasteiger partial charge in [-0.25, -0.2) is 8.42 Å². The Morgan fingerprint density at radius 2 is 1.87 bits per heavy atom. The highest BCUT2D eigenvalue weighted by atomic mass is 35.5. The lowest BCUT2D eigenvalue weighted by Crippen LogP contribution is -2.14. The van der Waals surface area contributed by atoms with Gasteiger partial charge in [0.2, 0.25) is 0 Å². The third kappa shape index (κ3) is 3.84. The summed E-state index contributed by atoms with van der Waals surface area (Å²) in [6.45, 7) is 0. The monoisotopic (exact) mass is 376 g/mol. The minimum Gasteiger partial charge on any atom is -0.495 e. The molecule has 0 aromatic heterocycles. The highest BCUT2D eigenvalue weighted by molar-refractivity contribution is 7.92. The molecular formula is C13H10Cl2N2O5S. The molecule has 0 unspecified atom stereocenters. The zero-order chi connectivity index (χ0) is 17.2. The smallest absolute Gasteiger partial charge is 0.271 e. The van der Waals surface area contributed by atoms with Gasteiger partial charge < -0.3 is 4.74 Å². The Balaban J connectivity index is 2.50. The Bertz CT molecular complexity index is 871. The molecule has 0 heterocycles. The Labute approximate surface area is 142 Å². The van der Waals surface area contributed by atoms with Crippen LogP contribution < -0.4 is 9.46 Å². The van der Waals surface area contributed by atoms with E-state index in [0.29, 0.717) is 5.02 Å². The van der Waals surface area contributed by atoms with E-state index in [1.165, 1.54) is 31.4 Å². The quantitative estimate of drug-likeness (QED) is 0.633. The first kappa shape index (κ1) is 17.3. The van der Waals surface area contributed by atoms with Crippen molar-refractivity contribution in [2.24, 2.45) is 0 Å². The Morgan fingerprint density at radius 1 is 1.17 bits per heavy atom. The summed E-state index contributed by atoms with van der Waals surface area (Å²) < 4.78 is 32.2. The molecular weight excluding hydrogens is 367 g/mol. The number of non-ortho nitro benzene ring substituents is 1. The van der Waals surface area contributed by atoms with E-state index in [9.17, 15) is 18.5 Å². The molecule has 0 aliphatic heterocycles. The van der Waals surface area contributed by atoms with Gasteiger partial charge in [-0.2, -0.15) is 0 Å². The summed E-state index contributed by atoms with van der Waals surface area (Å²) in [4.78, 5) is 9.77. The van der Waals surface area contributed by atoms with E-state index >= 15 is 0 Å². The van der Waals surface area contributed by atoms with Crippen LogP contribution in [0.4, 0.5) is 11.4 Å². The summed E-state index contributed by atoms with van der Waals surface area (Å²) in [6, 6.07) is 7.46. The fourth-order valence-corrected chi connectivity index (χ4v) is 3.54. The number of anilines is 1. The van der Waals surface area contributed by atoms with Crippen molar-refractivity contribution in [2.45, 2.75) is 4.90 Å². The molecule has 0 bridgehead atoms. The van der Waals surface area contributed by atoms with Gasteiger partial charge in [0.25, 0.3) is 15.7 Å². The first-order valence-electron chi connectivity index (χ1n) is 6.05. The van der Waals surface area contributed by atoms with Gasteiger partial charge in [-0.15, -0.1) is 0 Å². The van der Waals surface area contributed by atoms with Gasteiger partial charge in [0, 0.05) is 17.2 Å². The van der Waals surface area contributed by atoms with Crippen LogP contribution >= 0.6 is 23.2 Å². The third-order valence-electron chi connectivity index (χ3n) is 2.82. The molecule has 2 rings (SSSR count). The molecule has 10 heteroatoms. The normalized spacial score (nSPS) is 11.1. The summed E-state index contributed by atoms with van der Waals surface area (Å²) in [7, 11) is -2.90. The highest BCUT2D eigenvalue weighted by Crippen LogP contribution is 2.32. The average Bonchev–Trinajstić information content (AvgIpc) is 2.49. The first-order chi connectivity index (χ1) is 10.7. The van der Waals surface area contributed by atoms with E-state index in [1.54, 1.807) is 0 Å². The van der Waals surface area contributed by atoms with Crippen LogP contribution in [0.25, 0.3) is 0 Å². The SMILES string of the molecule is COc1ccc([N+](=O)[O-])cc1S(=O)(=O)Nc1ccc(Cl)cc1Cl. The predicted octanol–water partition coefficient (Wildman–Crippen LogP) is 3.71. The van der Waals surface area contributed by atoms with Crippen molar-refractivity contribution in [1.29, 1.82) is 0 Å². The van der Waals surface area contributed by atoms with Crippen LogP contribution in [-0.4, -0.2) is 20.5 Å². The maximum Gasteiger partial charge on any atom is 0.271 e. The number of hydrogen-bond acceptors (Lipinski definition) is 5. The van der Waals surface area contributed by atoms with E-state index in [1.807, 2.05) is 0 Å². The summed E-state index contributed by atoms with van der Waals surface area (Å²) in [6.07, 6.45) is 0. The molecule has 0 spiro atoms. The zero-order valence-corrected chi connectivity index (χ0v) is 13.9. The number of methoxy groups -OCH3 is 1. The van der Waals surface area contributed by atoms with Crippen LogP contribution in [0.3, 0.4) is 0 Å². The van der Waals surface area contributed by atoms with Crippen molar-refractivity contribution in [3.8, 4) is 5.75 Å². The van der Waals surface area contributed by atoms with Crippen molar-refractivity contribution < 1.29 is 18.1 Å². The largest absolute Gasteiger partial charge is 0.495 e. The van der Waals surface area contributed by atoms with Crippen LogP contribution in [0.2, 0.25) is 10.0 Å². The molecule has 1 N–H and O–H groups in total. The molecule has 0 amide bonds. The fraction of sp³-hybridized carbons (Fsp3) is 0.0769. The number of nitrogens with zero attached hydrogens (tertiary/aromatic N) is 1. The number of benzene rings is 2. The van der Waals surface area contributed by atoms with Gasteiger partial charge in [-0.05, 0) is 24.3 Å². The lowest BCUT2D eigenvalue weighted by molar-refractivity contribution is -0.385. The zero-order valence-electron chi connectivity index (χ0n) is 11.6. The molecule has 0 atom stereocenters. The van der Waals surface area contributed by atoms with Crippen molar-refractivity contribution in [1.82, 2.24) is 0 Å². The molecule has 23 heavy (non-hydrogen) atoms. The molecule has 2 aromatic carbocycles. The standard InChI is InChI=1S/C13H10Cl2N2O5S/c1-22-12-5-3-9(17(18)19)7-13(12)23(20,21)16-11-4-2-8(14)6-10(11)15/h2-7,16H,1H3. The number of halogens is 2. The number of nitrogens with one attached hydrogen (secondary N) is 1.